The fourth-order valence-corrected chi connectivity index (χ4v) is 4.22. The lowest BCUT2D eigenvalue weighted by Gasteiger charge is -2.16. The predicted octanol–water partition coefficient (Wildman–Crippen LogP) is 7.00. The highest BCUT2D eigenvalue weighted by atomic mass is 16.5. The Morgan fingerprint density at radius 2 is 1.29 bits per heavy atom. The first-order chi connectivity index (χ1) is 20.4. The normalized spacial score (nSPS) is 12.1. The monoisotopic (exact) mass is 561 g/mol. The molecule has 0 aliphatic carbocycles. The predicted molar refractivity (Wildman–Crippen MR) is 167 cm³/mol. The number of ether oxygens (including phenoxy) is 2. The Labute approximate surface area is 246 Å². The minimum atomic E-state index is -0.997. The van der Waals surface area contributed by atoms with Crippen LogP contribution in [0.5, 0.6) is 11.5 Å². The van der Waals surface area contributed by atoms with E-state index >= 15 is 0 Å². The van der Waals surface area contributed by atoms with Gasteiger partial charge in [-0.3, -0.25) is 4.79 Å². The summed E-state index contributed by atoms with van der Waals surface area (Å²) in [6.07, 6.45) is 5.82. The van der Waals surface area contributed by atoms with E-state index in [0.29, 0.717) is 30.2 Å². The average molecular weight is 562 g/mol. The molecule has 0 aromatic heterocycles. The van der Waals surface area contributed by atoms with E-state index in [1.165, 1.54) is 11.6 Å². The molecule has 0 saturated heterocycles. The largest absolute Gasteiger partial charge is 0.490 e. The topological polar surface area (TPSA) is 84.9 Å². The third-order valence-corrected chi connectivity index (χ3v) is 6.52. The number of hydrogen-bond donors (Lipinski definition) is 2. The van der Waals surface area contributed by atoms with Gasteiger partial charge in [0.25, 0.3) is 0 Å². The Morgan fingerprint density at radius 3 is 1.83 bits per heavy atom. The van der Waals surface area contributed by atoms with Gasteiger partial charge in [0.2, 0.25) is 0 Å². The van der Waals surface area contributed by atoms with E-state index in [1.807, 2.05) is 54.6 Å². The number of allylic oxidation sites excluding steroid dienone is 2. The maximum Gasteiger partial charge on any atom is 0.326 e. The second-order valence-corrected chi connectivity index (χ2v) is 9.95. The first kappa shape index (κ1) is 29.9. The SMILES string of the molecule is C/C(=C\C(=O)c1ccccc1)NC(Cc1ccc(OCCOc2ccc(/C=C/c3ccc(C)cc3)cc2)cc1)C(=O)O. The summed E-state index contributed by atoms with van der Waals surface area (Å²) in [5, 5.41) is 12.7. The second-order valence-electron chi connectivity index (χ2n) is 9.95. The molecule has 0 heterocycles. The van der Waals surface area contributed by atoms with Gasteiger partial charge in [0, 0.05) is 23.8 Å². The van der Waals surface area contributed by atoms with Crippen molar-refractivity contribution < 1.29 is 24.2 Å². The van der Waals surface area contributed by atoms with Crippen molar-refractivity contribution in [2.75, 3.05) is 13.2 Å². The first-order valence-corrected chi connectivity index (χ1v) is 13.8. The fraction of sp³-hybridized carbons (Fsp3) is 0.167. The number of carbonyl (C=O) groups is 2. The molecule has 4 aromatic rings. The number of hydrogen-bond acceptors (Lipinski definition) is 5. The molecule has 1 atom stereocenters. The molecule has 0 bridgehead atoms. The number of nitrogens with one attached hydrogen (secondary N) is 1. The number of benzene rings is 4. The van der Waals surface area contributed by atoms with Crippen LogP contribution >= 0.6 is 0 Å². The van der Waals surface area contributed by atoms with E-state index < -0.39 is 12.0 Å². The number of carboxylic acid groups (broad SMARTS) is 1. The molecule has 0 saturated carbocycles. The second kappa shape index (κ2) is 15.1. The highest BCUT2D eigenvalue weighted by Gasteiger charge is 2.18. The Bertz CT molecular complexity index is 1510. The van der Waals surface area contributed by atoms with Gasteiger partial charge in [-0.2, -0.15) is 0 Å². The molecule has 4 rings (SSSR count). The van der Waals surface area contributed by atoms with Crippen molar-refractivity contribution in [2.45, 2.75) is 26.3 Å². The molecule has 4 aromatic carbocycles. The minimum Gasteiger partial charge on any atom is -0.490 e. The number of aryl methyl sites for hydroxylation is 1. The van der Waals surface area contributed by atoms with Gasteiger partial charge in [-0.05, 0) is 54.8 Å². The lowest BCUT2D eigenvalue weighted by atomic mass is 10.1. The Balaban J connectivity index is 1.21. The summed E-state index contributed by atoms with van der Waals surface area (Å²) in [4.78, 5) is 24.2. The number of carboxylic acids is 1. The van der Waals surface area contributed by atoms with E-state index in [4.69, 9.17) is 9.47 Å². The highest BCUT2D eigenvalue weighted by molar-refractivity contribution is 6.04. The number of carbonyl (C=O) groups excluding carboxylic acids is 1. The zero-order chi connectivity index (χ0) is 29.7. The lowest BCUT2D eigenvalue weighted by Crippen LogP contribution is -2.37. The zero-order valence-corrected chi connectivity index (χ0v) is 23.8. The number of ketones is 1. The van der Waals surface area contributed by atoms with Crippen LogP contribution in [-0.4, -0.2) is 36.1 Å². The van der Waals surface area contributed by atoms with Gasteiger partial charge in [-0.15, -0.1) is 0 Å². The van der Waals surface area contributed by atoms with Gasteiger partial charge in [0.1, 0.15) is 30.8 Å². The van der Waals surface area contributed by atoms with Crippen molar-refractivity contribution in [3.05, 3.63) is 143 Å². The van der Waals surface area contributed by atoms with Crippen molar-refractivity contribution in [1.29, 1.82) is 0 Å². The van der Waals surface area contributed by atoms with Crippen LogP contribution < -0.4 is 14.8 Å². The summed E-state index contributed by atoms with van der Waals surface area (Å²) in [5.41, 5.74) is 5.36. The molecule has 6 nitrogen and oxygen atoms in total. The smallest absolute Gasteiger partial charge is 0.326 e. The average Bonchev–Trinajstić information content (AvgIpc) is 3.00. The lowest BCUT2D eigenvalue weighted by molar-refractivity contribution is -0.139. The Kier molecular flexibility index (Phi) is 10.7. The quantitative estimate of drug-likeness (QED) is 0.0747. The van der Waals surface area contributed by atoms with Crippen LogP contribution in [0.3, 0.4) is 0 Å². The molecule has 0 fully saturated rings. The molecule has 0 aliphatic rings. The van der Waals surface area contributed by atoms with Crippen LogP contribution in [0.4, 0.5) is 0 Å². The van der Waals surface area contributed by atoms with Crippen molar-refractivity contribution >= 4 is 23.9 Å². The molecule has 2 N–H and O–H groups in total. The van der Waals surface area contributed by atoms with Gasteiger partial charge < -0.3 is 19.9 Å². The molecule has 214 valence electrons. The van der Waals surface area contributed by atoms with Gasteiger partial charge in [-0.25, -0.2) is 4.79 Å². The van der Waals surface area contributed by atoms with E-state index in [1.54, 1.807) is 31.2 Å². The molecule has 0 aliphatic heterocycles. The number of rotatable bonds is 14. The van der Waals surface area contributed by atoms with Crippen LogP contribution in [0.2, 0.25) is 0 Å². The summed E-state index contributed by atoms with van der Waals surface area (Å²) >= 11 is 0. The number of aliphatic carboxylic acids is 1. The van der Waals surface area contributed by atoms with Crippen LogP contribution in [0.15, 0.2) is 115 Å². The zero-order valence-electron chi connectivity index (χ0n) is 23.8. The van der Waals surface area contributed by atoms with Crippen molar-refractivity contribution in [3.8, 4) is 11.5 Å². The Morgan fingerprint density at radius 1 is 0.762 bits per heavy atom. The van der Waals surface area contributed by atoms with Crippen molar-refractivity contribution in [3.63, 3.8) is 0 Å². The van der Waals surface area contributed by atoms with Gasteiger partial charge >= 0.3 is 5.97 Å². The Hall–Kier alpha value is -5.10. The third-order valence-electron chi connectivity index (χ3n) is 6.52. The molecule has 0 radical (unpaired) electrons. The molecule has 6 heteroatoms. The molecule has 0 spiro atoms. The minimum absolute atomic E-state index is 0.182. The summed E-state index contributed by atoms with van der Waals surface area (Å²) < 4.78 is 11.6. The molecule has 42 heavy (non-hydrogen) atoms. The van der Waals surface area contributed by atoms with E-state index in [-0.39, 0.29) is 12.2 Å². The van der Waals surface area contributed by atoms with Crippen molar-refractivity contribution in [2.24, 2.45) is 0 Å². The summed E-state index contributed by atoms with van der Waals surface area (Å²) in [6, 6.07) is 31.5. The summed E-state index contributed by atoms with van der Waals surface area (Å²) in [6.45, 7) is 4.52. The third kappa shape index (κ3) is 9.52. The highest BCUT2D eigenvalue weighted by Crippen LogP contribution is 2.17. The maximum absolute atomic E-state index is 12.4. The van der Waals surface area contributed by atoms with Crippen LogP contribution in [-0.2, 0) is 11.2 Å². The fourth-order valence-electron chi connectivity index (χ4n) is 4.22. The van der Waals surface area contributed by atoms with Gasteiger partial charge in [-0.1, -0.05) is 96.6 Å². The van der Waals surface area contributed by atoms with E-state index in [9.17, 15) is 14.7 Å². The van der Waals surface area contributed by atoms with Crippen molar-refractivity contribution in [1.82, 2.24) is 5.32 Å². The molecule has 0 amide bonds. The molecule has 1 unspecified atom stereocenters. The maximum atomic E-state index is 12.4. The standard InChI is InChI=1S/C36H35NO5/c1-26-8-10-28(11-9-26)12-13-29-14-18-32(19-15-29)41-22-23-42-33-20-16-30(17-21-33)25-34(36(39)40)37-27(2)24-35(38)31-6-4-3-5-7-31/h3-21,24,34,37H,22-23,25H2,1-2H3,(H,39,40)/b13-12+,27-24+. The van der Waals surface area contributed by atoms with Crippen LogP contribution in [0.1, 0.15) is 39.5 Å². The van der Waals surface area contributed by atoms with Crippen LogP contribution in [0.25, 0.3) is 12.2 Å². The van der Waals surface area contributed by atoms with E-state index in [2.05, 4.69) is 48.7 Å². The summed E-state index contributed by atoms with van der Waals surface area (Å²) in [5.74, 6) is 0.257. The molecular formula is C36H35NO5. The summed E-state index contributed by atoms with van der Waals surface area (Å²) in [7, 11) is 0. The van der Waals surface area contributed by atoms with Gasteiger partial charge in [0.15, 0.2) is 5.78 Å². The van der Waals surface area contributed by atoms with Crippen LogP contribution in [0, 0.1) is 6.92 Å². The first-order valence-electron chi connectivity index (χ1n) is 13.8. The molecular weight excluding hydrogens is 526 g/mol. The van der Waals surface area contributed by atoms with Gasteiger partial charge in [0.05, 0.1) is 0 Å². The van der Waals surface area contributed by atoms with E-state index in [0.717, 1.165) is 22.4 Å².